The predicted octanol–water partition coefficient (Wildman–Crippen LogP) is 3.69. The number of hydrogen-bond acceptors (Lipinski definition) is 4. The molecule has 0 bridgehead atoms. The largest absolute Gasteiger partial charge is 0.326 e. The molecule has 0 fully saturated rings. The first kappa shape index (κ1) is 18.8. The predicted molar refractivity (Wildman–Crippen MR) is 104 cm³/mol. The second-order valence-electron chi connectivity index (χ2n) is 6.01. The van der Waals surface area contributed by atoms with E-state index in [9.17, 15) is 14.0 Å². The summed E-state index contributed by atoms with van der Waals surface area (Å²) in [7, 11) is 0. The van der Waals surface area contributed by atoms with Crippen LogP contribution in [0.2, 0.25) is 0 Å². The topological polar surface area (TPSA) is 74.8 Å². The van der Waals surface area contributed by atoms with Crippen molar-refractivity contribution in [3.05, 3.63) is 87.6 Å². The number of H-pyrrole nitrogens is 1. The average molecular weight is 383 g/mol. The van der Waals surface area contributed by atoms with Gasteiger partial charge in [-0.05, 0) is 30.2 Å². The summed E-state index contributed by atoms with van der Waals surface area (Å²) in [6.07, 6.45) is -0.0711. The average Bonchev–Trinajstić information content (AvgIpc) is 2.63. The minimum Gasteiger partial charge on any atom is -0.326 e. The van der Waals surface area contributed by atoms with Gasteiger partial charge < -0.3 is 10.3 Å². The lowest BCUT2D eigenvalue weighted by molar-refractivity contribution is -0.115. The standard InChI is InChI=1S/C20H18FN3O2S/c1-13-7-8-15(9-17(13)21)22-18(25)10-16-11-19(26)24-20(23-16)27-12-14-5-3-2-4-6-14/h2-9,11H,10,12H2,1H3,(H,22,25)(H,23,24,26). The van der Waals surface area contributed by atoms with Crippen molar-refractivity contribution in [2.75, 3.05) is 5.32 Å². The number of halogens is 1. The third-order valence-electron chi connectivity index (χ3n) is 3.79. The number of nitrogens with one attached hydrogen (secondary N) is 2. The fraction of sp³-hybridized carbons (Fsp3) is 0.150. The van der Waals surface area contributed by atoms with Crippen LogP contribution in [0.1, 0.15) is 16.8 Å². The van der Waals surface area contributed by atoms with Crippen LogP contribution >= 0.6 is 11.8 Å². The number of carbonyl (C=O) groups excluding carboxylic acids is 1. The zero-order valence-electron chi connectivity index (χ0n) is 14.7. The second-order valence-corrected chi connectivity index (χ2v) is 6.97. The van der Waals surface area contributed by atoms with Crippen LogP contribution in [0.25, 0.3) is 0 Å². The maximum Gasteiger partial charge on any atom is 0.251 e. The molecular weight excluding hydrogens is 365 g/mol. The van der Waals surface area contributed by atoms with Crippen LogP contribution in [0.3, 0.4) is 0 Å². The monoisotopic (exact) mass is 383 g/mol. The summed E-state index contributed by atoms with van der Waals surface area (Å²) in [5.41, 5.74) is 2.02. The number of benzene rings is 2. The van der Waals surface area contributed by atoms with Crippen molar-refractivity contribution in [3.63, 3.8) is 0 Å². The highest BCUT2D eigenvalue weighted by molar-refractivity contribution is 7.98. The number of aromatic nitrogens is 2. The van der Waals surface area contributed by atoms with Gasteiger partial charge in [-0.25, -0.2) is 9.37 Å². The van der Waals surface area contributed by atoms with Gasteiger partial charge in [0.2, 0.25) is 5.91 Å². The number of rotatable bonds is 6. The van der Waals surface area contributed by atoms with Crippen molar-refractivity contribution >= 4 is 23.4 Å². The number of thioether (sulfide) groups is 1. The highest BCUT2D eigenvalue weighted by atomic mass is 32.2. The van der Waals surface area contributed by atoms with Crippen molar-refractivity contribution in [2.24, 2.45) is 0 Å². The van der Waals surface area contributed by atoms with E-state index in [1.54, 1.807) is 19.1 Å². The van der Waals surface area contributed by atoms with Gasteiger partial charge in [0.1, 0.15) is 5.82 Å². The van der Waals surface area contributed by atoms with Crippen molar-refractivity contribution in [3.8, 4) is 0 Å². The number of anilines is 1. The number of nitrogens with zero attached hydrogens (tertiary/aromatic N) is 1. The smallest absolute Gasteiger partial charge is 0.251 e. The summed E-state index contributed by atoms with van der Waals surface area (Å²) >= 11 is 1.39. The maximum atomic E-state index is 13.6. The fourth-order valence-electron chi connectivity index (χ4n) is 2.41. The van der Waals surface area contributed by atoms with E-state index in [0.717, 1.165) is 5.56 Å². The Morgan fingerprint density at radius 2 is 1.96 bits per heavy atom. The molecule has 1 amide bonds. The zero-order chi connectivity index (χ0) is 19.2. The number of carbonyl (C=O) groups is 1. The van der Waals surface area contributed by atoms with E-state index in [0.29, 0.717) is 27.9 Å². The molecule has 3 aromatic rings. The van der Waals surface area contributed by atoms with E-state index in [-0.39, 0.29) is 23.7 Å². The Bertz CT molecular complexity index is 1010. The van der Waals surface area contributed by atoms with E-state index in [1.165, 1.54) is 23.9 Å². The molecule has 3 rings (SSSR count). The Labute approximate surface area is 160 Å². The van der Waals surface area contributed by atoms with Crippen molar-refractivity contribution < 1.29 is 9.18 Å². The molecule has 0 radical (unpaired) electrons. The van der Waals surface area contributed by atoms with Crippen LogP contribution in [0, 0.1) is 12.7 Å². The van der Waals surface area contributed by atoms with Gasteiger partial charge in [0.05, 0.1) is 12.1 Å². The maximum absolute atomic E-state index is 13.6. The van der Waals surface area contributed by atoms with Gasteiger partial charge in [-0.15, -0.1) is 0 Å². The van der Waals surface area contributed by atoms with E-state index in [2.05, 4.69) is 15.3 Å². The first-order valence-electron chi connectivity index (χ1n) is 8.32. The molecule has 0 aliphatic heterocycles. The lowest BCUT2D eigenvalue weighted by Crippen LogP contribution is -2.18. The number of aryl methyl sites for hydroxylation is 1. The van der Waals surface area contributed by atoms with Gasteiger partial charge in [-0.1, -0.05) is 48.2 Å². The molecule has 1 aromatic heterocycles. The zero-order valence-corrected chi connectivity index (χ0v) is 15.5. The van der Waals surface area contributed by atoms with Crippen LogP contribution in [-0.4, -0.2) is 15.9 Å². The lowest BCUT2D eigenvalue weighted by Gasteiger charge is -2.07. The van der Waals surface area contributed by atoms with Crippen LogP contribution in [0.4, 0.5) is 10.1 Å². The molecule has 7 heteroatoms. The molecule has 0 unspecified atom stereocenters. The lowest BCUT2D eigenvalue weighted by atomic mass is 10.2. The van der Waals surface area contributed by atoms with Crippen LogP contribution in [0.5, 0.6) is 0 Å². The summed E-state index contributed by atoms with van der Waals surface area (Å²) in [5.74, 6) is -0.0979. The van der Waals surface area contributed by atoms with Crippen LogP contribution in [0.15, 0.2) is 64.5 Å². The summed E-state index contributed by atoms with van der Waals surface area (Å²) in [6, 6.07) is 15.6. The summed E-state index contributed by atoms with van der Waals surface area (Å²) in [4.78, 5) is 31.0. The molecule has 2 aromatic carbocycles. The first-order valence-corrected chi connectivity index (χ1v) is 9.31. The molecule has 138 valence electrons. The first-order chi connectivity index (χ1) is 13.0. The van der Waals surface area contributed by atoms with Crippen LogP contribution in [-0.2, 0) is 17.0 Å². The van der Waals surface area contributed by atoms with Crippen LogP contribution < -0.4 is 10.9 Å². The summed E-state index contributed by atoms with van der Waals surface area (Å²) < 4.78 is 13.6. The van der Waals surface area contributed by atoms with Gasteiger partial charge in [0.15, 0.2) is 5.16 Å². The Balaban J connectivity index is 1.65. The molecule has 1 heterocycles. The molecule has 5 nitrogen and oxygen atoms in total. The van der Waals surface area contributed by atoms with Gasteiger partial charge in [-0.2, -0.15) is 0 Å². The Hall–Kier alpha value is -2.93. The van der Waals surface area contributed by atoms with E-state index < -0.39 is 0 Å². The Morgan fingerprint density at radius 3 is 2.70 bits per heavy atom. The molecule has 0 aliphatic rings. The van der Waals surface area contributed by atoms with Gasteiger partial charge >= 0.3 is 0 Å². The van der Waals surface area contributed by atoms with Gasteiger partial charge in [0.25, 0.3) is 5.56 Å². The molecule has 0 aliphatic carbocycles. The van der Waals surface area contributed by atoms with E-state index in [1.807, 2.05) is 30.3 Å². The molecule has 27 heavy (non-hydrogen) atoms. The number of amides is 1. The second kappa shape index (κ2) is 8.64. The molecule has 0 atom stereocenters. The minimum absolute atomic E-state index is 0.0711. The third kappa shape index (κ3) is 5.52. The Morgan fingerprint density at radius 1 is 1.19 bits per heavy atom. The third-order valence-corrected chi connectivity index (χ3v) is 4.73. The summed E-state index contributed by atoms with van der Waals surface area (Å²) in [6.45, 7) is 1.65. The van der Waals surface area contributed by atoms with Gasteiger partial charge in [-0.3, -0.25) is 9.59 Å². The Kier molecular flexibility index (Phi) is 6.03. The number of aromatic amines is 1. The quantitative estimate of drug-likeness (QED) is 0.503. The minimum atomic E-state index is -0.387. The highest BCUT2D eigenvalue weighted by Gasteiger charge is 2.09. The molecule has 0 saturated carbocycles. The van der Waals surface area contributed by atoms with E-state index in [4.69, 9.17) is 0 Å². The molecular formula is C20H18FN3O2S. The van der Waals surface area contributed by atoms with Gasteiger partial charge in [0, 0.05) is 17.5 Å². The van der Waals surface area contributed by atoms with E-state index >= 15 is 0 Å². The molecule has 0 spiro atoms. The number of hydrogen-bond donors (Lipinski definition) is 2. The summed E-state index contributed by atoms with van der Waals surface area (Å²) in [5, 5.41) is 3.07. The molecule has 2 N–H and O–H groups in total. The van der Waals surface area contributed by atoms with Crippen molar-refractivity contribution in [1.82, 2.24) is 9.97 Å². The SMILES string of the molecule is Cc1ccc(NC(=O)Cc2cc(=O)[nH]c(SCc3ccccc3)n2)cc1F. The highest BCUT2D eigenvalue weighted by Crippen LogP contribution is 2.18. The molecule has 0 saturated heterocycles. The normalized spacial score (nSPS) is 10.6. The van der Waals surface area contributed by atoms with Crippen molar-refractivity contribution in [2.45, 2.75) is 24.3 Å². The van der Waals surface area contributed by atoms with Crippen molar-refractivity contribution in [1.29, 1.82) is 0 Å². The fourth-order valence-corrected chi connectivity index (χ4v) is 3.26.